The van der Waals surface area contributed by atoms with Crippen molar-refractivity contribution in [1.82, 2.24) is 0 Å². The molecule has 12 aromatic rings. The predicted molar refractivity (Wildman–Crippen MR) is 305 cm³/mol. The fraction of sp³-hybridized carbons (Fsp3) is 0. The normalized spacial score (nSPS) is 13.7. The molecule has 10 aromatic carbocycles. The molecule has 6 heterocycles. The highest BCUT2D eigenvalue weighted by Gasteiger charge is 2.47. The molecule has 334 valence electrons. The van der Waals surface area contributed by atoms with Gasteiger partial charge in [0.05, 0.1) is 17.0 Å². The Labute approximate surface area is 421 Å². The summed E-state index contributed by atoms with van der Waals surface area (Å²) in [6, 6.07) is 88.8. The minimum Gasteiger partial charge on any atom is -0.468 e. The van der Waals surface area contributed by atoms with Crippen molar-refractivity contribution in [1.29, 1.82) is 0 Å². The molecule has 72 heavy (non-hydrogen) atoms. The summed E-state index contributed by atoms with van der Waals surface area (Å²) in [5.41, 5.74) is 23.4. The van der Waals surface area contributed by atoms with Gasteiger partial charge in [-0.25, -0.2) is 0 Å². The smallest absolute Gasteiger partial charge is 0.297 e. The van der Waals surface area contributed by atoms with Crippen LogP contribution in [0.5, 0.6) is 0 Å². The lowest BCUT2D eigenvalue weighted by molar-refractivity contribution is 0.651. The third kappa shape index (κ3) is 5.55. The molecule has 4 aliphatic rings. The lowest BCUT2D eigenvalue weighted by Crippen LogP contribution is -2.60. The SMILES string of the molecule is c1ccc(N2c3ccccc3B3c4oc5ccccc5c4N(c4cccc(-c5ccc6c7c(sc6c5)B5c6ccccc6N(c6ccccc6)c6cccc(c65)N7c5ccccc5)c4)c4cccc2c43)cc1. The van der Waals surface area contributed by atoms with E-state index in [0.717, 1.165) is 62.0 Å². The van der Waals surface area contributed by atoms with Crippen molar-refractivity contribution in [3.8, 4) is 11.1 Å². The fourth-order valence-corrected chi connectivity index (χ4v) is 13.9. The molecule has 0 spiro atoms. The molecule has 5 nitrogen and oxygen atoms in total. The van der Waals surface area contributed by atoms with Gasteiger partial charge in [-0.1, -0.05) is 140 Å². The first kappa shape index (κ1) is 39.8. The predicted octanol–water partition coefficient (Wildman–Crippen LogP) is 13.5. The molecular formula is C64H40B2N4OS. The lowest BCUT2D eigenvalue weighted by Gasteiger charge is -2.43. The molecule has 4 aliphatic heterocycles. The summed E-state index contributed by atoms with van der Waals surface area (Å²) >= 11 is 1.94. The van der Waals surface area contributed by atoms with Crippen LogP contribution in [0.2, 0.25) is 0 Å². The average molecular weight is 935 g/mol. The molecule has 0 aliphatic carbocycles. The molecule has 0 saturated carbocycles. The van der Waals surface area contributed by atoms with Crippen molar-refractivity contribution < 1.29 is 4.42 Å². The molecule has 0 bridgehead atoms. The van der Waals surface area contributed by atoms with Crippen molar-refractivity contribution in [2.45, 2.75) is 0 Å². The van der Waals surface area contributed by atoms with Gasteiger partial charge in [0.15, 0.2) is 0 Å². The van der Waals surface area contributed by atoms with Crippen LogP contribution >= 0.6 is 11.3 Å². The van der Waals surface area contributed by atoms with Gasteiger partial charge in [-0.05, 0) is 136 Å². The quantitative estimate of drug-likeness (QED) is 0.160. The number of hydrogen-bond donors (Lipinski definition) is 0. The summed E-state index contributed by atoms with van der Waals surface area (Å²) in [5, 5.41) is 2.36. The van der Waals surface area contributed by atoms with Crippen LogP contribution in [0.3, 0.4) is 0 Å². The zero-order valence-electron chi connectivity index (χ0n) is 38.9. The van der Waals surface area contributed by atoms with E-state index in [1.165, 1.54) is 70.7 Å². The molecule has 0 N–H and O–H groups in total. The zero-order valence-corrected chi connectivity index (χ0v) is 39.7. The van der Waals surface area contributed by atoms with Crippen molar-refractivity contribution >= 4 is 146 Å². The summed E-state index contributed by atoms with van der Waals surface area (Å²) in [4.78, 5) is 9.87. The van der Waals surface area contributed by atoms with Gasteiger partial charge in [-0.3, -0.25) is 0 Å². The van der Waals surface area contributed by atoms with Gasteiger partial charge >= 0.3 is 0 Å². The van der Waals surface area contributed by atoms with Crippen LogP contribution in [0.1, 0.15) is 0 Å². The maximum atomic E-state index is 7.07. The second-order valence-electron chi connectivity index (χ2n) is 19.1. The molecule has 0 atom stereocenters. The van der Waals surface area contributed by atoms with Crippen molar-refractivity contribution in [3.63, 3.8) is 0 Å². The van der Waals surface area contributed by atoms with Gasteiger partial charge in [0.25, 0.3) is 13.4 Å². The number of para-hydroxylation sites is 6. The third-order valence-electron chi connectivity index (χ3n) is 15.4. The highest BCUT2D eigenvalue weighted by molar-refractivity contribution is 7.33. The Morgan fingerprint density at radius 1 is 0.333 bits per heavy atom. The van der Waals surface area contributed by atoms with E-state index in [0.29, 0.717) is 0 Å². The minimum atomic E-state index is -0.0864. The number of nitrogens with zero attached hydrogens (tertiary/aromatic N) is 4. The number of thiophene rings is 1. The van der Waals surface area contributed by atoms with Gasteiger partial charge in [0, 0.05) is 77.1 Å². The van der Waals surface area contributed by atoms with E-state index >= 15 is 0 Å². The van der Waals surface area contributed by atoms with Gasteiger partial charge in [-0.15, -0.1) is 11.3 Å². The molecule has 0 unspecified atom stereocenters. The molecular weight excluding hydrogens is 894 g/mol. The molecule has 2 aromatic heterocycles. The molecule has 0 saturated heterocycles. The van der Waals surface area contributed by atoms with Crippen LogP contribution in [0.15, 0.2) is 247 Å². The Morgan fingerprint density at radius 2 is 0.806 bits per heavy atom. The summed E-state index contributed by atoms with van der Waals surface area (Å²) in [7, 11) is 0. The molecule has 0 amide bonds. The molecule has 8 heteroatoms. The highest BCUT2D eigenvalue weighted by Crippen LogP contribution is 2.50. The van der Waals surface area contributed by atoms with Crippen LogP contribution in [0, 0.1) is 0 Å². The van der Waals surface area contributed by atoms with E-state index in [2.05, 4.69) is 262 Å². The Hall–Kier alpha value is -8.97. The monoisotopic (exact) mass is 934 g/mol. The van der Waals surface area contributed by atoms with Crippen LogP contribution in [-0.4, -0.2) is 13.4 Å². The summed E-state index contributed by atoms with van der Waals surface area (Å²) in [6.07, 6.45) is 0. The van der Waals surface area contributed by atoms with Gasteiger partial charge in [0.1, 0.15) is 5.58 Å². The van der Waals surface area contributed by atoms with Crippen LogP contribution in [0.25, 0.3) is 32.2 Å². The summed E-state index contributed by atoms with van der Waals surface area (Å²) in [6.45, 7) is -0.0216. The first-order chi connectivity index (χ1) is 35.8. The van der Waals surface area contributed by atoms with Crippen LogP contribution in [-0.2, 0) is 0 Å². The van der Waals surface area contributed by atoms with Crippen molar-refractivity contribution in [2.75, 3.05) is 19.6 Å². The van der Waals surface area contributed by atoms with Crippen molar-refractivity contribution in [2.24, 2.45) is 0 Å². The molecule has 0 radical (unpaired) electrons. The first-order valence-corrected chi connectivity index (χ1v) is 25.6. The van der Waals surface area contributed by atoms with E-state index in [-0.39, 0.29) is 13.4 Å². The standard InChI is InChI=1S/C64H40B2N4OS/c1-4-20-43(21-5-1)67-51-30-13-11-28-49(51)65-59-53(67)32-17-34-55(59)70(61-47-27-10-15-36-57(47)71-63(61)65)46-26-16-19-41(39-46)42-37-38-48-58(40-42)72-64-62(48)69(45-24-8-3-9-25-45)56-35-18-33-54-60(56)66(64)50-29-12-14-31-52(50)68(54)44-22-6-2-7-23-44/h1-40H. The Morgan fingerprint density at radius 3 is 1.46 bits per heavy atom. The number of rotatable bonds is 5. The maximum Gasteiger partial charge on any atom is 0.297 e. The Bertz CT molecular complexity index is 4180. The Kier molecular flexibility index (Phi) is 8.44. The van der Waals surface area contributed by atoms with Crippen molar-refractivity contribution in [3.05, 3.63) is 243 Å². The third-order valence-corrected chi connectivity index (χ3v) is 16.6. The maximum absolute atomic E-state index is 7.07. The molecule has 0 fully saturated rings. The number of fused-ring (bicyclic) bond motifs is 12. The number of hydrogen-bond acceptors (Lipinski definition) is 6. The second kappa shape index (κ2) is 15.3. The van der Waals surface area contributed by atoms with Crippen LogP contribution < -0.4 is 51.9 Å². The summed E-state index contributed by atoms with van der Waals surface area (Å²) < 4.78 is 9.70. The van der Waals surface area contributed by atoms with Crippen LogP contribution in [0.4, 0.5) is 68.2 Å². The van der Waals surface area contributed by atoms with E-state index in [1.807, 2.05) is 11.3 Å². The number of furan rings is 1. The van der Waals surface area contributed by atoms with Gasteiger partial charge in [-0.2, -0.15) is 0 Å². The number of benzene rings is 10. The first-order valence-electron chi connectivity index (χ1n) is 24.7. The largest absolute Gasteiger partial charge is 0.468 e. The lowest BCUT2D eigenvalue weighted by atomic mass is 9.35. The second-order valence-corrected chi connectivity index (χ2v) is 20.2. The average Bonchev–Trinajstić information content (AvgIpc) is 4.02. The molecule has 16 rings (SSSR count). The topological polar surface area (TPSA) is 26.1 Å². The zero-order chi connectivity index (χ0) is 47.0. The van der Waals surface area contributed by atoms with E-state index < -0.39 is 0 Å². The van der Waals surface area contributed by atoms with E-state index in [4.69, 9.17) is 4.42 Å². The van der Waals surface area contributed by atoms with Gasteiger partial charge < -0.3 is 24.0 Å². The fourth-order valence-electron chi connectivity index (χ4n) is 12.5. The van der Waals surface area contributed by atoms with E-state index in [9.17, 15) is 0 Å². The highest BCUT2D eigenvalue weighted by atomic mass is 32.1. The van der Waals surface area contributed by atoms with E-state index in [1.54, 1.807) is 0 Å². The Balaban J connectivity index is 0.876. The summed E-state index contributed by atoms with van der Waals surface area (Å²) in [5.74, 6) is 0. The number of anilines is 12. The van der Waals surface area contributed by atoms with Gasteiger partial charge in [0.2, 0.25) is 0 Å². The minimum absolute atomic E-state index is 0.0648.